The normalized spacial score (nSPS) is 20.0. The molecule has 0 spiro atoms. The Hall–Kier alpha value is -2.60. The van der Waals surface area contributed by atoms with Crippen LogP contribution >= 0.6 is 0 Å². The van der Waals surface area contributed by atoms with Crippen LogP contribution in [0.3, 0.4) is 0 Å². The van der Waals surface area contributed by atoms with Gasteiger partial charge in [-0.25, -0.2) is 4.98 Å². The van der Waals surface area contributed by atoms with E-state index in [2.05, 4.69) is 15.2 Å². The van der Waals surface area contributed by atoms with E-state index in [1.807, 2.05) is 41.3 Å². The van der Waals surface area contributed by atoms with Crippen LogP contribution in [0, 0.1) is 0 Å². The molecule has 1 aromatic carbocycles. The van der Waals surface area contributed by atoms with Crippen molar-refractivity contribution < 1.29 is 9.53 Å². The molecule has 3 heterocycles. The number of rotatable bonds is 4. The van der Waals surface area contributed by atoms with E-state index in [0.717, 1.165) is 36.8 Å². The highest BCUT2D eigenvalue weighted by molar-refractivity contribution is 5.94. The lowest BCUT2D eigenvalue weighted by molar-refractivity contribution is 0.0631. The molecule has 1 aromatic heterocycles. The van der Waals surface area contributed by atoms with Crippen molar-refractivity contribution in [1.82, 2.24) is 15.2 Å². The van der Waals surface area contributed by atoms with Gasteiger partial charge in [0.15, 0.2) is 0 Å². The zero-order chi connectivity index (χ0) is 18.6. The molecule has 2 aliphatic rings. The predicted molar refractivity (Wildman–Crippen MR) is 105 cm³/mol. The minimum Gasteiger partial charge on any atom is -0.496 e. The van der Waals surface area contributed by atoms with Gasteiger partial charge in [-0.2, -0.15) is 0 Å². The van der Waals surface area contributed by atoms with Crippen molar-refractivity contribution in [2.24, 2.45) is 0 Å². The number of nitrogens with one attached hydrogen (secondary N) is 1. The Morgan fingerprint density at radius 3 is 2.70 bits per heavy atom. The molecule has 1 atom stereocenters. The number of hydrogen-bond donors (Lipinski definition) is 1. The van der Waals surface area contributed by atoms with Crippen molar-refractivity contribution in [2.45, 2.75) is 18.9 Å². The number of pyridine rings is 1. The van der Waals surface area contributed by atoms with Gasteiger partial charge in [0.2, 0.25) is 0 Å². The van der Waals surface area contributed by atoms with Crippen LogP contribution in [0.15, 0.2) is 42.6 Å². The van der Waals surface area contributed by atoms with Crippen LogP contribution in [0.4, 0.5) is 5.82 Å². The van der Waals surface area contributed by atoms with Crippen LogP contribution in [-0.4, -0.2) is 55.6 Å². The van der Waals surface area contributed by atoms with E-state index in [-0.39, 0.29) is 11.9 Å². The minimum atomic E-state index is -0.0549. The van der Waals surface area contributed by atoms with E-state index in [9.17, 15) is 4.79 Å². The van der Waals surface area contributed by atoms with Gasteiger partial charge in [-0.3, -0.25) is 4.79 Å². The van der Waals surface area contributed by atoms with Crippen molar-refractivity contribution in [3.63, 3.8) is 0 Å². The molecule has 6 nitrogen and oxygen atoms in total. The van der Waals surface area contributed by atoms with Gasteiger partial charge < -0.3 is 19.9 Å². The van der Waals surface area contributed by atoms with Crippen LogP contribution in [0.5, 0.6) is 5.75 Å². The van der Waals surface area contributed by atoms with E-state index in [4.69, 9.17) is 4.74 Å². The molecule has 6 heteroatoms. The molecule has 2 aliphatic heterocycles. The summed E-state index contributed by atoms with van der Waals surface area (Å²) in [5.41, 5.74) is 1.67. The van der Waals surface area contributed by atoms with Gasteiger partial charge in [-0.15, -0.1) is 0 Å². The number of methoxy groups -OCH3 is 1. The van der Waals surface area contributed by atoms with E-state index in [1.54, 1.807) is 13.3 Å². The molecule has 2 saturated heterocycles. The van der Waals surface area contributed by atoms with Crippen molar-refractivity contribution >= 4 is 11.7 Å². The second kappa shape index (κ2) is 7.96. The van der Waals surface area contributed by atoms with Gasteiger partial charge in [-0.05, 0) is 31.0 Å². The maximum Gasteiger partial charge on any atom is 0.256 e. The lowest BCUT2D eigenvalue weighted by Crippen LogP contribution is -2.48. The summed E-state index contributed by atoms with van der Waals surface area (Å²) in [4.78, 5) is 22.0. The average molecular weight is 366 g/mol. The van der Waals surface area contributed by atoms with Crippen LogP contribution in [0.25, 0.3) is 0 Å². The van der Waals surface area contributed by atoms with E-state index < -0.39 is 0 Å². The Morgan fingerprint density at radius 1 is 1.15 bits per heavy atom. The van der Waals surface area contributed by atoms with Crippen molar-refractivity contribution in [1.29, 1.82) is 0 Å². The third kappa shape index (κ3) is 3.62. The second-order valence-electron chi connectivity index (χ2n) is 7.06. The van der Waals surface area contributed by atoms with Gasteiger partial charge in [0.05, 0.1) is 18.7 Å². The van der Waals surface area contributed by atoms with E-state index in [1.165, 1.54) is 12.8 Å². The number of para-hydroxylation sites is 1. The Kier molecular flexibility index (Phi) is 5.25. The zero-order valence-electron chi connectivity index (χ0n) is 15.7. The Labute approximate surface area is 160 Å². The van der Waals surface area contributed by atoms with Crippen molar-refractivity contribution in [2.75, 3.05) is 44.7 Å². The fourth-order valence-corrected chi connectivity index (χ4v) is 3.98. The smallest absolute Gasteiger partial charge is 0.256 e. The number of ether oxygens (including phenoxy) is 1. The van der Waals surface area contributed by atoms with Gasteiger partial charge in [0, 0.05) is 44.5 Å². The van der Waals surface area contributed by atoms with Crippen molar-refractivity contribution in [3.05, 3.63) is 53.7 Å². The standard InChI is InChI=1S/C21H26N4O2/c1-27-19-7-3-2-6-17(19)18-15-22-10-13-25(18)21(26)16-8-9-20(23-14-16)24-11-4-5-12-24/h2-3,6-9,14,18,22H,4-5,10-13,15H2,1H3. The summed E-state index contributed by atoms with van der Waals surface area (Å²) < 4.78 is 5.52. The summed E-state index contributed by atoms with van der Waals surface area (Å²) in [6, 6.07) is 11.7. The first-order valence-corrected chi connectivity index (χ1v) is 9.63. The number of piperazine rings is 1. The molecule has 1 unspecified atom stereocenters. The second-order valence-corrected chi connectivity index (χ2v) is 7.06. The molecule has 0 aliphatic carbocycles. The first-order valence-electron chi connectivity index (χ1n) is 9.63. The minimum absolute atomic E-state index is 0.0212. The predicted octanol–water partition coefficient (Wildman–Crippen LogP) is 2.48. The summed E-state index contributed by atoms with van der Waals surface area (Å²) in [5, 5.41) is 3.40. The molecule has 0 radical (unpaired) electrons. The topological polar surface area (TPSA) is 57.7 Å². The fourth-order valence-electron chi connectivity index (χ4n) is 3.98. The summed E-state index contributed by atoms with van der Waals surface area (Å²) in [6.45, 7) is 4.26. The quantitative estimate of drug-likeness (QED) is 0.901. The highest BCUT2D eigenvalue weighted by atomic mass is 16.5. The SMILES string of the molecule is COc1ccccc1C1CNCCN1C(=O)c1ccc(N2CCCC2)nc1. The van der Waals surface area contributed by atoms with Gasteiger partial charge in [-0.1, -0.05) is 18.2 Å². The Bertz CT molecular complexity index is 787. The van der Waals surface area contributed by atoms with Crippen LogP contribution in [0.2, 0.25) is 0 Å². The van der Waals surface area contributed by atoms with Gasteiger partial charge >= 0.3 is 0 Å². The first kappa shape index (κ1) is 17.8. The van der Waals surface area contributed by atoms with Crippen LogP contribution in [-0.2, 0) is 0 Å². The van der Waals surface area contributed by atoms with Crippen molar-refractivity contribution in [3.8, 4) is 5.75 Å². The molecule has 142 valence electrons. The molecule has 27 heavy (non-hydrogen) atoms. The summed E-state index contributed by atoms with van der Waals surface area (Å²) in [7, 11) is 1.67. The monoisotopic (exact) mass is 366 g/mol. The number of aromatic nitrogens is 1. The van der Waals surface area contributed by atoms with E-state index in [0.29, 0.717) is 18.7 Å². The Balaban J connectivity index is 1.57. The number of hydrogen-bond acceptors (Lipinski definition) is 5. The first-order chi connectivity index (χ1) is 13.3. The lowest BCUT2D eigenvalue weighted by atomic mass is 10.0. The molecule has 1 amide bonds. The van der Waals surface area contributed by atoms with Crippen LogP contribution in [0.1, 0.15) is 34.8 Å². The van der Waals surface area contributed by atoms with Crippen LogP contribution < -0.4 is 15.0 Å². The number of carbonyl (C=O) groups excluding carboxylic acids is 1. The molecule has 1 N–H and O–H groups in total. The number of anilines is 1. The number of benzene rings is 1. The zero-order valence-corrected chi connectivity index (χ0v) is 15.7. The Morgan fingerprint density at radius 2 is 1.96 bits per heavy atom. The maximum absolute atomic E-state index is 13.2. The third-order valence-electron chi connectivity index (χ3n) is 5.43. The fraction of sp³-hybridized carbons (Fsp3) is 0.429. The molecule has 2 aromatic rings. The molecular formula is C21H26N4O2. The number of carbonyl (C=O) groups is 1. The average Bonchev–Trinajstić information content (AvgIpc) is 3.28. The molecule has 0 bridgehead atoms. The number of amides is 1. The lowest BCUT2D eigenvalue weighted by Gasteiger charge is -2.37. The van der Waals surface area contributed by atoms with Gasteiger partial charge in [0.1, 0.15) is 11.6 Å². The maximum atomic E-state index is 13.2. The summed E-state index contributed by atoms with van der Waals surface area (Å²) in [6.07, 6.45) is 4.14. The largest absolute Gasteiger partial charge is 0.496 e. The highest BCUT2D eigenvalue weighted by Gasteiger charge is 2.30. The number of nitrogens with zero attached hydrogens (tertiary/aromatic N) is 3. The third-order valence-corrected chi connectivity index (χ3v) is 5.43. The summed E-state index contributed by atoms with van der Waals surface area (Å²) in [5.74, 6) is 1.80. The molecule has 4 rings (SSSR count). The molecule has 2 fully saturated rings. The molecular weight excluding hydrogens is 340 g/mol. The summed E-state index contributed by atoms with van der Waals surface area (Å²) >= 11 is 0. The molecule has 0 saturated carbocycles. The van der Waals surface area contributed by atoms with E-state index >= 15 is 0 Å². The van der Waals surface area contributed by atoms with Gasteiger partial charge in [0.25, 0.3) is 5.91 Å². The highest BCUT2D eigenvalue weighted by Crippen LogP contribution is 2.31.